The van der Waals surface area contributed by atoms with Gasteiger partial charge in [-0.3, -0.25) is 14.9 Å². The number of nitrogens with one attached hydrogen (secondary N) is 2. The second-order valence-electron chi connectivity index (χ2n) is 6.85. The van der Waals surface area contributed by atoms with Crippen LogP contribution in [-0.4, -0.2) is 41.4 Å². The van der Waals surface area contributed by atoms with Crippen molar-refractivity contribution < 1.29 is 18.9 Å². The lowest BCUT2D eigenvalue weighted by molar-refractivity contribution is -0.385. The molecule has 0 radical (unpaired) electrons. The first kappa shape index (κ1) is 20.2. The Morgan fingerprint density at radius 3 is 2.41 bits per heavy atom. The number of rotatable bonds is 5. The molecule has 2 aromatic rings. The minimum absolute atomic E-state index is 0.0358. The van der Waals surface area contributed by atoms with Gasteiger partial charge in [-0.15, -0.1) is 0 Å². The van der Waals surface area contributed by atoms with Gasteiger partial charge in [0.2, 0.25) is 0 Å². The van der Waals surface area contributed by atoms with Gasteiger partial charge in [0.25, 0.3) is 11.6 Å². The summed E-state index contributed by atoms with van der Waals surface area (Å²) in [6.07, 6.45) is 1.40. The van der Waals surface area contributed by atoms with Crippen LogP contribution in [0, 0.1) is 21.8 Å². The Morgan fingerprint density at radius 2 is 1.76 bits per heavy atom. The molecule has 1 heterocycles. The maximum atomic E-state index is 12.9. The van der Waals surface area contributed by atoms with Crippen LogP contribution in [0.4, 0.5) is 20.6 Å². The Kier molecular flexibility index (Phi) is 6.38. The molecule has 2 N–H and O–H groups in total. The van der Waals surface area contributed by atoms with E-state index in [4.69, 9.17) is 0 Å². The molecular weight excluding hydrogens is 379 g/mol. The van der Waals surface area contributed by atoms with Gasteiger partial charge in [-0.25, -0.2) is 9.18 Å². The maximum absolute atomic E-state index is 12.9. The quantitative estimate of drug-likeness (QED) is 0.593. The van der Waals surface area contributed by atoms with E-state index in [1.54, 1.807) is 11.0 Å². The van der Waals surface area contributed by atoms with E-state index in [1.807, 2.05) is 0 Å². The molecule has 3 amide bonds. The molecule has 0 unspecified atom stereocenters. The molecule has 8 nitrogen and oxygen atoms in total. The summed E-state index contributed by atoms with van der Waals surface area (Å²) in [6, 6.07) is 11.1. The molecule has 0 aliphatic carbocycles. The average molecular weight is 400 g/mol. The lowest BCUT2D eigenvalue weighted by Crippen LogP contribution is -2.43. The number of benzene rings is 2. The van der Waals surface area contributed by atoms with E-state index in [2.05, 4.69) is 10.6 Å². The summed E-state index contributed by atoms with van der Waals surface area (Å²) in [4.78, 5) is 36.7. The monoisotopic (exact) mass is 400 g/mol. The zero-order valence-corrected chi connectivity index (χ0v) is 15.6. The van der Waals surface area contributed by atoms with Crippen LogP contribution in [0.5, 0.6) is 0 Å². The van der Waals surface area contributed by atoms with E-state index in [-0.39, 0.29) is 29.0 Å². The van der Waals surface area contributed by atoms with Crippen molar-refractivity contribution in [3.05, 3.63) is 70.0 Å². The molecule has 3 rings (SSSR count). The predicted octanol–water partition coefficient (Wildman–Crippen LogP) is 3.41. The third kappa shape index (κ3) is 5.28. The highest BCUT2D eigenvalue weighted by Crippen LogP contribution is 2.20. The summed E-state index contributed by atoms with van der Waals surface area (Å²) < 4.78 is 12.9. The topological polar surface area (TPSA) is 105 Å². The molecule has 1 aliphatic rings. The number of nitro benzene ring substituents is 1. The Balaban J connectivity index is 1.46. The highest BCUT2D eigenvalue weighted by Gasteiger charge is 2.24. The third-order valence-corrected chi connectivity index (χ3v) is 4.89. The number of nitrogens with zero attached hydrogens (tertiary/aromatic N) is 2. The molecule has 0 saturated carbocycles. The van der Waals surface area contributed by atoms with Crippen LogP contribution in [0.25, 0.3) is 0 Å². The van der Waals surface area contributed by atoms with Crippen LogP contribution in [0.15, 0.2) is 48.5 Å². The van der Waals surface area contributed by atoms with Crippen molar-refractivity contribution in [1.29, 1.82) is 0 Å². The Bertz CT molecular complexity index is 896. The van der Waals surface area contributed by atoms with Gasteiger partial charge in [-0.1, -0.05) is 12.1 Å². The third-order valence-electron chi connectivity index (χ3n) is 4.89. The number of piperidine rings is 1. The molecule has 9 heteroatoms. The lowest BCUT2D eigenvalue weighted by atomic mass is 9.97. The molecular formula is C20H21FN4O4. The largest absolute Gasteiger partial charge is 0.352 e. The maximum Gasteiger partial charge on any atom is 0.321 e. The summed E-state index contributed by atoms with van der Waals surface area (Å²) in [7, 11) is 0. The summed E-state index contributed by atoms with van der Waals surface area (Å²) >= 11 is 0. The SMILES string of the molecule is O=C(NCC1CCN(C(=O)Nc2ccc(F)cc2)CC1)c1ccccc1[N+](=O)[O-]. The Hall–Kier alpha value is -3.49. The number of para-hydroxylation sites is 1. The summed E-state index contributed by atoms with van der Waals surface area (Å²) in [5.74, 6) is -0.669. The first-order valence-corrected chi connectivity index (χ1v) is 9.27. The van der Waals surface area contributed by atoms with E-state index >= 15 is 0 Å². The van der Waals surface area contributed by atoms with Gasteiger partial charge >= 0.3 is 6.03 Å². The van der Waals surface area contributed by atoms with Crippen LogP contribution in [-0.2, 0) is 0 Å². The van der Waals surface area contributed by atoms with Gasteiger partial charge in [0.15, 0.2) is 0 Å². The van der Waals surface area contributed by atoms with Gasteiger partial charge in [-0.2, -0.15) is 0 Å². The number of likely N-dealkylation sites (tertiary alicyclic amines) is 1. The molecule has 1 aliphatic heterocycles. The number of halogens is 1. The molecule has 29 heavy (non-hydrogen) atoms. The lowest BCUT2D eigenvalue weighted by Gasteiger charge is -2.32. The average Bonchev–Trinajstić information content (AvgIpc) is 2.74. The Labute approximate surface area is 166 Å². The minimum Gasteiger partial charge on any atom is -0.352 e. The van der Waals surface area contributed by atoms with Gasteiger partial charge in [0.05, 0.1) is 4.92 Å². The van der Waals surface area contributed by atoms with Crippen LogP contribution < -0.4 is 10.6 Å². The fourth-order valence-corrected chi connectivity index (χ4v) is 3.23. The number of nitro groups is 1. The van der Waals surface area contributed by atoms with Crippen LogP contribution in [0.1, 0.15) is 23.2 Å². The van der Waals surface area contributed by atoms with Crippen molar-refractivity contribution in [2.24, 2.45) is 5.92 Å². The van der Waals surface area contributed by atoms with Crippen molar-refractivity contribution in [2.75, 3.05) is 25.0 Å². The Morgan fingerprint density at radius 1 is 1.10 bits per heavy atom. The summed E-state index contributed by atoms with van der Waals surface area (Å²) in [6.45, 7) is 1.44. The minimum atomic E-state index is -0.576. The van der Waals surface area contributed by atoms with E-state index < -0.39 is 10.8 Å². The van der Waals surface area contributed by atoms with Gasteiger partial charge in [0, 0.05) is 31.4 Å². The fourth-order valence-electron chi connectivity index (χ4n) is 3.23. The zero-order valence-electron chi connectivity index (χ0n) is 15.6. The van der Waals surface area contributed by atoms with E-state index in [9.17, 15) is 24.1 Å². The first-order chi connectivity index (χ1) is 13.9. The molecule has 1 fully saturated rings. The van der Waals surface area contributed by atoms with Crippen molar-refractivity contribution >= 4 is 23.3 Å². The number of carbonyl (C=O) groups is 2. The number of anilines is 1. The van der Waals surface area contributed by atoms with Crippen molar-refractivity contribution in [1.82, 2.24) is 10.2 Å². The molecule has 0 atom stereocenters. The number of hydrogen-bond donors (Lipinski definition) is 2. The first-order valence-electron chi connectivity index (χ1n) is 9.27. The number of urea groups is 1. The molecule has 1 saturated heterocycles. The van der Waals surface area contributed by atoms with E-state index in [0.717, 1.165) is 0 Å². The number of hydrogen-bond acceptors (Lipinski definition) is 4. The van der Waals surface area contributed by atoms with E-state index in [1.165, 1.54) is 42.5 Å². The molecule has 0 spiro atoms. The van der Waals surface area contributed by atoms with E-state index in [0.29, 0.717) is 38.2 Å². The summed E-state index contributed by atoms with van der Waals surface area (Å²) in [5, 5.41) is 16.5. The highest BCUT2D eigenvalue weighted by atomic mass is 19.1. The second-order valence-corrected chi connectivity index (χ2v) is 6.85. The smallest absolute Gasteiger partial charge is 0.321 e. The van der Waals surface area contributed by atoms with Gasteiger partial charge < -0.3 is 15.5 Å². The molecule has 2 aromatic carbocycles. The van der Waals surface area contributed by atoms with Crippen molar-refractivity contribution in [2.45, 2.75) is 12.8 Å². The molecule has 0 bridgehead atoms. The van der Waals surface area contributed by atoms with Gasteiger partial charge in [-0.05, 0) is 49.1 Å². The normalized spacial score (nSPS) is 14.3. The highest BCUT2D eigenvalue weighted by molar-refractivity contribution is 5.98. The molecule has 152 valence electrons. The molecule has 0 aromatic heterocycles. The number of amides is 3. The zero-order chi connectivity index (χ0) is 20.8. The van der Waals surface area contributed by atoms with Crippen LogP contribution in [0.3, 0.4) is 0 Å². The van der Waals surface area contributed by atoms with Gasteiger partial charge in [0.1, 0.15) is 11.4 Å². The van der Waals surface area contributed by atoms with Crippen LogP contribution >= 0.6 is 0 Å². The van der Waals surface area contributed by atoms with Crippen LogP contribution in [0.2, 0.25) is 0 Å². The standard InChI is InChI=1S/C20H21FN4O4/c21-15-5-7-16(8-6-15)23-20(27)24-11-9-14(10-12-24)13-22-19(26)17-3-1-2-4-18(17)25(28)29/h1-8,14H,9-13H2,(H,22,26)(H,23,27). The predicted molar refractivity (Wildman–Crippen MR) is 105 cm³/mol. The fraction of sp³-hybridized carbons (Fsp3) is 0.300. The van der Waals surface area contributed by atoms with Crippen molar-refractivity contribution in [3.63, 3.8) is 0 Å². The van der Waals surface area contributed by atoms with Crippen molar-refractivity contribution in [3.8, 4) is 0 Å². The summed E-state index contributed by atoms with van der Waals surface area (Å²) in [5.41, 5.74) is 0.334. The number of carbonyl (C=O) groups excluding carboxylic acids is 2. The second kappa shape index (κ2) is 9.13.